The van der Waals surface area contributed by atoms with Gasteiger partial charge in [0.2, 0.25) is 5.91 Å². The van der Waals surface area contributed by atoms with Crippen molar-refractivity contribution in [1.29, 1.82) is 0 Å². The maximum atomic E-state index is 11.9. The van der Waals surface area contributed by atoms with Crippen LogP contribution in [0.15, 0.2) is 0 Å². The number of primary amides is 1. The zero-order valence-electron chi connectivity index (χ0n) is 11.3. The summed E-state index contributed by atoms with van der Waals surface area (Å²) in [5, 5.41) is 11.5. The van der Waals surface area contributed by atoms with Gasteiger partial charge in [0.25, 0.3) is 0 Å². The molecule has 7 nitrogen and oxygen atoms in total. The molecule has 0 aromatic carbocycles. The van der Waals surface area contributed by atoms with Crippen molar-refractivity contribution in [3.8, 4) is 0 Å². The van der Waals surface area contributed by atoms with E-state index < -0.39 is 18.0 Å². The second-order valence-electron chi connectivity index (χ2n) is 5.17. The van der Waals surface area contributed by atoms with Gasteiger partial charge in [0, 0.05) is 19.0 Å². The fraction of sp³-hybridized carbons (Fsp3) is 0.750. The largest absolute Gasteiger partial charge is 0.480 e. The van der Waals surface area contributed by atoms with Gasteiger partial charge in [-0.05, 0) is 18.8 Å². The van der Waals surface area contributed by atoms with E-state index in [1.807, 2.05) is 0 Å². The Morgan fingerprint density at radius 2 is 1.79 bits per heavy atom. The van der Waals surface area contributed by atoms with Crippen LogP contribution in [0, 0.1) is 11.8 Å². The van der Waals surface area contributed by atoms with Crippen LogP contribution in [0.2, 0.25) is 0 Å². The smallest absolute Gasteiger partial charge is 0.326 e. The first-order valence-corrected chi connectivity index (χ1v) is 6.40. The zero-order valence-corrected chi connectivity index (χ0v) is 11.3. The van der Waals surface area contributed by atoms with E-state index in [0.29, 0.717) is 25.9 Å². The first-order valence-electron chi connectivity index (χ1n) is 6.40. The molecule has 1 atom stereocenters. The Morgan fingerprint density at radius 1 is 1.26 bits per heavy atom. The predicted molar refractivity (Wildman–Crippen MR) is 68.3 cm³/mol. The summed E-state index contributed by atoms with van der Waals surface area (Å²) in [7, 11) is 0. The van der Waals surface area contributed by atoms with Crippen LogP contribution in [-0.2, 0) is 9.59 Å². The Kier molecular flexibility index (Phi) is 5.14. The molecule has 3 amide bonds. The molecule has 0 aromatic rings. The number of nitrogens with two attached hydrogens (primary N) is 1. The fourth-order valence-electron chi connectivity index (χ4n) is 2.10. The summed E-state index contributed by atoms with van der Waals surface area (Å²) in [5.41, 5.74) is 5.21. The molecule has 0 aromatic heterocycles. The second kappa shape index (κ2) is 6.40. The maximum absolute atomic E-state index is 11.9. The van der Waals surface area contributed by atoms with Gasteiger partial charge in [-0.2, -0.15) is 0 Å². The molecule has 1 saturated heterocycles. The molecule has 19 heavy (non-hydrogen) atoms. The van der Waals surface area contributed by atoms with Crippen LogP contribution >= 0.6 is 0 Å². The Hall–Kier alpha value is -1.79. The number of likely N-dealkylation sites (tertiary alicyclic amines) is 1. The number of carbonyl (C=O) groups is 3. The number of carbonyl (C=O) groups excluding carboxylic acids is 2. The molecule has 1 aliphatic heterocycles. The number of hydrogen-bond acceptors (Lipinski definition) is 3. The fourth-order valence-corrected chi connectivity index (χ4v) is 2.10. The van der Waals surface area contributed by atoms with Crippen LogP contribution in [-0.4, -0.2) is 47.0 Å². The highest BCUT2D eigenvalue weighted by atomic mass is 16.4. The number of carboxylic acids is 1. The van der Waals surface area contributed by atoms with E-state index in [2.05, 4.69) is 5.32 Å². The molecule has 0 spiro atoms. The van der Waals surface area contributed by atoms with Gasteiger partial charge in [-0.1, -0.05) is 13.8 Å². The van der Waals surface area contributed by atoms with Gasteiger partial charge in [0.05, 0.1) is 0 Å². The third-order valence-electron chi connectivity index (χ3n) is 3.40. The van der Waals surface area contributed by atoms with Crippen molar-refractivity contribution in [3.63, 3.8) is 0 Å². The Morgan fingerprint density at radius 3 is 2.16 bits per heavy atom. The Bertz CT molecular complexity index is 362. The van der Waals surface area contributed by atoms with Crippen molar-refractivity contribution in [1.82, 2.24) is 10.2 Å². The van der Waals surface area contributed by atoms with E-state index in [9.17, 15) is 14.4 Å². The highest BCUT2D eigenvalue weighted by molar-refractivity contribution is 5.83. The van der Waals surface area contributed by atoms with Crippen molar-refractivity contribution >= 4 is 17.9 Å². The van der Waals surface area contributed by atoms with Crippen molar-refractivity contribution in [2.45, 2.75) is 32.7 Å². The van der Waals surface area contributed by atoms with E-state index in [4.69, 9.17) is 10.8 Å². The summed E-state index contributed by atoms with van der Waals surface area (Å²) >= 11 is 0. The number of rotatable bonds is 4. The molecule has 1 rings (SSSR count). The highest BCUT2D eigenvalue weighted by Crippen LogP contribution is 2.16. The minimum Gasteiger partial charge on any atom is -0.480 e. The minimum absolute atomic E-state index is 0.190. The third-order valence-corrected chi connectivity index (χ3v) is 3.40. The maximum Gasteiger partial charge on any atom is 0.326 e. The van der Waals surface area contributed by atoms with Crippen molar-refractivity contribution in [3.05, 3.63) is 0 Å². The highest BCUT2D eigenvalue weighted by Gasteiger charge is 2.29. The molecule has 1 heterocycles. The topological polar surface area (TPSA) is 113 Å². The number of nitrogens with zero attached hydrogens (tertiary/aromatic N) is 1. The lowest BCUT2D eigenvalue weighted by molar-refractivity contribution is -0.140. The van der Waals surface area contributed by atoms with E-state index in [1.165, 1.54) is 4.90 Å². The molecule has 0 unspecified atom stereocenters. The molecule has 0 aliphatic carbocycles. The van der Waals surface area contributed by atoms with E-state index in [1.54, 1.807) is 13.8 Å². The van der Waals surface area contributed by atoms with E-state index in [-0.39, 0.29) is 17.7 Å². The molecule has 1 aliphatic rings. The number of amides is 3. The van der Waals surface area contributed by atoms with Crippen LogP contribution in [0.25, 0.3) is 0 Å². The molecular weight excluding hydrogens is 250 g/mol. The van der Waals surface area contributed by atoms with Gasteiger partial charge < -0.3 is 21.1 Å². The number of piperidine rings is 1. The molecule has 7 heteroatoms. The number of nitrogens with one attached hydrogen (secondary N) is 1. The van der Waals surface area contributed by atoms with Gasteiger partial charge in [0.15, 0.2) is 0 Å². The van der Waals surface area contributed by atoms with Crippen molar-refractivity contribution < 1.29 is 19.5 Å². The Balaban J connectivity index is 2.51. The lowest BCUT2D eigenvalue weighted by atomic mass is 9.96. The van der Waals surface area contributed by atoms with E-state index in [0.717, 1.165) is 0 Å². The number of carboxylic acid groups (broad SMARTS) is 1. The molecule has 108 valence electrons. The van der Waals surface area contributed by atoms with E-state index >= 15 is 0 Å². The van der Waals surface area contributed by atoms with Gasteiger partial charge in [-0.15, -0.1) is 0 Å². The molecule has 0 saturated carbocycles. The molecule has 0 radical (unpaired) electrons. The zero-order chi connectivity index (χ0) is 14.6. The quantitative estimate of drug-likeness (QED) is 0.668. The lowest BCUT2D eigenvalue weighted by Crippen LogP contribution is -2.52. The summed E-state index contributed by atoms with van der Waals surface area (Å²) in [6, 6.07) is -1.30. The number of urea groups is 1. The average Bonchev–Trinajstić information content (AvgIpc) is 2.34. The third kappa shape index (κ3) is 4.11. The number of aliphatic carboxylic acids is 1. The summed E-state index contributed by atoms with van der Waals surface area (Å²) in [6.45, 7) is 4.31. The first-order chi connectivity index (χ1) is 8.82. The molecular formula is C12H21N3O4. The van der Waals surface area contributed by atoms with Gasteiger partial charge in [-0.3, -0.25) is 4.79 Å². The summed E-state index contributed by atoms with van der Waals surface area (Å²) < 4.78 is 0. The van der Waals surface area contributed by atoms with Crippen LogP contribution in [0.3, 0.4) is 0 Å². The predicted octanol–water partition coefficient (Wildman–Crippen LogP) is 0.00250. The Labute approximate surface area is 112 Å². The first kappa shape index (κ1) is 15.3. The monoisotopic (exact) mass is 271 g/mol. The van der Waals surface area contributed by atoms with Crippen LogP contribution in [0.1, 0.15) is 26.7 Å². The minimum atomic E-state index is -1.05. The second-order valence-corrected chi connectivity index (χ2v) is 5.17. The van der Waals surface area contributed by atoms with Gasteiger partial charge >= 0.3 is 12.0 Å². The average molecular weight is 271 g/mol. The van der Waals surface area contributed by atoms with Gasteiger partial charge in [-0.25, -0.2) is 9.59 Å². The lowest BCUT2D eigenvalue weighted by Gasteiger charge is -2.32. The summed E-state index contributed by atoms with van der Waals surface area (Å²) in [5.74, 6) is -1.77. The van der Waals surface area contributed by atoms with Crippen molar-refractivity contribution in [2.75, 3.05) is 13.1 Å². The normalized spacial score (nSPS) is 18.2. The van der Waals surface area contributed by atoms with Crippen LogP contribution < -0.4 is 11.1 Å². The summed E-state index contributed by atoms with van der Waals surface area (Å²) in [6.07, 6.45) is 1.06. The number of hydrogen-bond donors (Lipinski definition) is 3. The van der Waals surface area contributed by atoms with Gasteiger partial charge in [0.1, 0.15) is 6.04 Å². The molecule has 4 N–H and O–H groups in total. The molecule has 1 fully saturated rings. The standard InChI is InChI=1S/C12H21N3O4/c1-7(2)9(11(17)18)14-12(19)15-5-3-8(4-6-15)10(13)16/h7-9H,3-6H2,1-2H3,(H2,13,16)(H,14,19)(H,17,18)/t9-/m1/s1. The van der Waals surface area contributed by atoms with Crippen molar-refractivity contribution in [2.24, 2.45) is 17.6 Å². The van der Waals surface area contributed by atoms with Crippen LogP contribution in [0.5, 0.6) is 0 Å². The summed E-state index contributed by atoms with van der Waals surface area (Å²) in [4.78, 5) is 35.5. The van der Waals surface area contributed by atoms with Crippen LogP contribution in [0.4, 0.5) is 4.79 Å². The SMILES string of the molecule is CC(C)[C@@H](NC(=O)N1CCC(C(N)=O)CC1)C(=O)O. The molecule has 0 bridgehead atoms.